The number of nitrogens with two attached hydrogens (primary N) is 1. The fourth-order valence-corrected chi connectivity index (χ4v) is 1.07. The molecule has 4 nitrogen and oxygen atoms in total. The molecule has 0 aromatic rings. The Balaban J connectivity index is 3.27. The molecule has 0 bridgehead atoms. The van der Waals surface area contributed by atoms with Gasteiger partial charge in [0.05, 0.1) is 0 Å². The molecule has 1 unspecified atom stereocenters. The van der Waals surface area contributed by atoms with Gasteiger partial charge in [0.15, 0.2) is 0 Å². The molecule has 0 aliphatic rings. The van der Waals surface area contributed by atoms with E-state index >= 15 is 0 Å². The molecule has 0 rings (SSSR count). The Kier molecular flexibility index (Phi) is 8.57. The molecule has 4 heteroatoms. The first kappa shape index (κ1) is 13.4. The summed E-state index contributed by atoms with van der Waals surface area (Å²) < 4.78 is 4.90. The van der Waals surface area contributed by atoms with E-state index in [1.807, 2.05) is 6.92 Å². The first-order valence-electron chi connectivity index (χ1n) is 5.16. The monoisotopic (exact) mass is 202 g/mol. The molecule has 0 aliphatic heterocycles. The van der Waals surface area contributed by atoms with E-state index in [0.29, 0.717) is 13.0 Å². The first-order chi connectivity index (χ1) is 6.70. The van der Waals surface area contributed by atoms with Crippen molar-refractivity contribution in [3.05, 3.63) is 0 Å². The van der Waals surface area contributed by atoms with Crippen LogP contribution in [0.3, 0.4) is 0 Å². The van der Waals surface area contributed by atoms with Gasteiger partial charge in [0.2, 0.25) is 5.91 Å². The van der Waals surface area contributed by atoms with E-state index < -0.39 is 0 Å². The lowest BCUT2D eigenvalue weighted by Gasteiger charge is -2.08. The summed E-state index contributed by atoms with van der Waals surface area (Å²) in [6.07, 6.45) is 2.49. The van der Waals surface area contributed by atoms with Crippen molar-refractivity contribution in [2.45, 2.75) is 26.2 Å². The number of hydrogen-bond acceptors (Lipinski definition) is 3. The summed E-state index contributed by atoms with van der Waals surface area (Å²) in [7, 11) is 1.68. The van der Waals surface area contributed by atoms with Crippen molar-refractivity contribution in [3.63, 3.8) is 0 Å². The largest absolute Gasteiger partial charge is 0.385 e. The lowest BCUT2D eigenvalue weighted by molar-refractivity contribution is -0.121. The predicted molar refractivity (Wildman–Crippen MR) is 57.0 cm³/mol. The van der Waals surface area contributed by atoms with Gasteiger partial charge in [0, 0.05) is 26.7 Å². The second kappa shape index (κ2) is 8.97. The molecule has 14 heavy (non-hydrogen) atoms. The number of carbonyl (C=O) groups excluding carboxylic acids is 1. The SMILES string of the molecule is COCCCCNC(=O)CC(C)CN. The second-order valence-corrected chi connectivity index (χ2v) is 3.59. The maximum absolute atomic E-state index is 11.2. The molecular formula is C10H22N2O2. The van der Waals surface area contributed by atoms with Crippen molar-refractivity contribution in [1.29, 1.82) is 0 Å². The normalized spacial score (nSPS) is 12.5. The van der Waals surface area contributed by atoms with E-state index in [2.05, 4.69) is 5.32 Å². The van der Waals surface area contributed by atoms with Gasteiger partial charge in [-0.2, -0.15) is 0 Å². The molecule has 0 saturated carbocycles. The third-order valence-corrected chi connectivity index (χ3v) is 2.03. The molecule has 0 heterocycles. The van der Waals surface area contributed by atoms with Gasteiger partial charge < -0.3 is 15.8 Å². The maximum atomic E-state index is 11.2. The Hall–Kier alpha value is -0.610. The number of unbranched alkanes of at least 4 members (excludes halogenated alkanes) is 1. The molecule has 0 aromatic heterocycles. The smallest absolute Gasteiger partial charge is 0.220 e. The Bertz CT molecular complexity index is 151. The summed E-state index contributed by atoms with van der Waals surface area (Å²) in [5, 5.41) is 2.86. The van der Waals surface area contributed by atoms with Crippen LogP contribution in [0.4, 0.5) is 0 Å². The van der Waals surface area contributed by atoms with Crippen LogP contribution in [0.15, 0.2) is 0 Å². The summed E-state index contributed by atoms with van der Waals surface area (Å²) in [6, 6.07) is 0. The van der Waals surface area contributed by atoms with Crippen LogP contribution in [0.1, 0.15) is 26.2 Å². The molecule has 0 fully saturated rings. The quantitative estimate of drug-likeness (QED) is 0.564. The zero-order chi connectivity index (χ0) is 10.8. The summed E-state index contributed by atoms with van der Waals surface area (Å²) in [5.74, 6) is 0.370. The first-order valence-corrected chi connectivity index (χ1v) is 5.16. The number of amides is 1. The number of nitrogens with one attached hydrogen (secondary N) is 1. The zero-order valence-corrected chi connectivity index (χ0v) is 9.21. The average molecular weight is 202 g/mol. The van der Waals surface area contributed by atoms with Crippen LogP contribution < -0.4 is 11.1 Å². The molecule has 1 atom stereocenters. The number of hydrogen-bond donors (Lipinski definition) is 2. The Morgan fingerprint density at radius 2 is 2.21 bits per heavy atom. The van der Waals surface area contributed by atoms with E-state index in [1.165, 1.54) is 0 Å². The van der Waals surface area contributed by atoms with Crippen LogP contribution in [0.25, 0.3) is 0 Å². The third-order valence-electron chi connectivity index (χ3n) is 2.03. The molecule has 0 spiro atoms. The summed E-state index contributed by atoms with van der Waals surface area (Å²) in [4.78, 5) is 11.2. The van der Waals surface area contributed by atoms with Crippen molar-refractivity contribution in [2.24, 2.45) is 11.7 Å². The Morgan fingerprint density at radius 1 is 1.50 bits per heavy atom. The lowest BCUT2D eigenvalue weighted by atomic mass is 10.1. The zero-order valence-electron chi connectivity index (χ0n) is 9.21. The van der Waals surface area contributed by atoms with Crippen LogP contribution >= 0.6 is 0 Å². The van der Waals surface area contributed by atoms with Crippen molar-refractivity contribution < 1.29 is 9.53 Å². The molecule has 3 N–H and O–H groups in total. The molecule has 0 aliphatic carbocycles. The molecule has 84 valence electrons. The topological polar surface area (TPSA) is 64.3 Å². The lowest BCUT2D eigenvalue weighted by Crippen LogP contribution is -2.28. The van der Waals surface area contributed by atoms with E-state index in [9.17, 15) is 4.79 Å². The second-order valence-electron chi connectivity index (χ2n) is 3.59. The Labute approximate surface area is 86.2 Å². The fraction of sp³-hybridized carbons (Fsp3) is 0.900. The van der Waals surface area contributed by atoms with Gasteiger partial charge in [0.25, 0.3) is 0 Å². The molecule has 0 saturated heterocycles. The molecule has 0 radical (unpaired) electrons. The van der Waals surface area contributed by atoms with Crippen molar-refractivity contribution in [2.75, 3.05) is 26.8 Å². The summed E-state index contributed by atoms with van der Waals surface area (Å²) >= 11 is 0. The summed E-state index contributed by atoms with van der Waals surface area (Å²) in [6.45, 7) is 4.04. The van der Waals surface area contributed by atoms with E-state index in [4.69, 9.17) is 10.5 Å². The average Bonchev–Trinajstić information content (AvgIpc) is 2.17. The van der Waals surface area contributed by atoms with Gasteiger partial charge in [-0.3, -0.25) is 4.79 Å². The number of rotatable bonds is 8. The summed E-state index contributed by atoms with van der Waals surface area (Å²) in [5.41, 5.74) is 5.42. The van der Waals surface area contributed by atoms with E-state index in [0.717, 1.165) is 26.0 Å². The third kappa shape index (κ3) is 8.01. The molecule has 0 aromatic carbocycles. The number of methoxy groups -OCH3 is 1. The minimum Gasteiger partial charge on any atom is -0.385 e. The van der Waals surface area contributed by atoms with Crippen molar-refractivity contribution in [1.82, 2.24) is 5.32 Å². The van der Waals surface area contributed by atoms with Gasteiger partial charge in [-0.05, 0) is 25.3 Å². The van der Waals surface area contributed by atoms with Gasteiger partial charge in [-0.25, -0.2) is 0 Å². The highest BCUT2D eigenvalue weighted by Gasteiger charge is 2.05. The van der Waals surface area contributed by atoms with Crippen molar-refractivity contribution in [3.8, 4) is 0 Å². The highest BCUT2D eigenvalue weighted by atomic mass is 16.5. The van der Waals surface area contributed by atoms with Crippen LogP contribution in [0.5, 0.6) is 0 Å². The van der Waals surface area contributed by atoms with Gasteiger partial charge in [-0.1, -0.05) is 6.92 Å². The van der Waals surface area contributed by atoms with Crippen molar-refractivity contribution >= 4 is 5.91 Å². The van der Waals surface area contributed by atoms with Gasteiger partial charge >= 0.3 is 0 Å². The highest BCUT2D eigenvalue weighted by Crippen LogP contribution is 1.98. The highest BCUT2D eigenvalue weighted by molar-refractivity contribution is 5.76. The van der Waals surface area contributed by atoms with Gasteiger partial charge in [-0.15, -0.1) is 0 Å². The standard InChI is InChI=1S/C10H22N2O2/c1-9(8-11)7-10(13)12-5-3-4-6-14-2/h9H,3-8,11H2,1-2H3,(H,12,13). The molecule has 1 amide bonds. The van der Waals surface area contributed by atoms with Crippen LogP contribution in [-0.2, 0) is 9.53 Å². The van der Waals surface area contributed by atoms with Crippen LogP contribution in [-0.4, -0.2) is 32.7 Å². The Morgan fingerprint density at radius 3 is 2.79 bits per heavy atom. The molecular weight excluding hydrogens is 180 g/mol. The maximum Gasteiger partial charge on any atom is 0.220 e. The number of ether oxygens (including phenoxy) is 1. The predicted octanol–water partition coefficient (Wildman–Crippen LogP) is 0.514. The fourth-order valence-electron chi connectivity index (χ4n) is 1.07. The minimum atomic E-state index is 0.0976. The van der Waals surface area contributed by atoms with Gasteiger partial charge in [0.1, 0.15) is 0 Å². The van der Waals surface area contributed by atoms with Crippen LogP contribution in [0, 0.1) is 5.92 Å². The van der Waals surface area contributed by atoms with E-state index in [-0.39, 0.29) is 11.8 Å². The number of carbonyl (C=O) groups is 1. The van der Waals surface area contributed by atoms with E-state index in [1.54, 1.807) is 7.11 Å². The minimum absolute atomic E-state index is 0.0976. The van der Waals surface area contributed by atoms with Crippen LogP contribution in [0.2, 0.25) is 0 Å².